The highest BCUT2D eigenvalue weighted by Gasteiger charge is 2.13. The Morgan fingerprint density at radius 1 is 1.54 bits per heavy atom. The molecule has 0 saturated heterocycles. The molecule has 5 heteroatoms. The van der Waals surface area contributed by atoms with Gasteiger partial charge < -0.3 is 10.2 Å². The Bertz CT molecular complexity index is 409. The van der Waals surface area contributed by atoms with Gasteiger partial charge in [0.1, 0.15) is 5.75 Å². The summed E-state index contributed by atoms with van der Waals surface area (Å²) in [7, 11) is 0. The van der Waals surface area contributed by atoms with E-state index in [1.165, 1.54) is 12.1 Å². The summed E-state index contributed by atoms with van der Waals surface area (Å²) in [6.45, 7) is 0. The fourth-order valence-electron chi connectivity index (χ4n) is 0.829. The van der Waals surface area contributed by atoms with Crippen LogP contribution in [-0.4, -0.2) is 16.2 Å². The van der Waals surface area contributed by atoms with Gasteiger partial charge in [-0.1, -0.05) is 0 Å². The third kappa shape index (κ3) is 1.79. The minimum Gasteiger partial charge on any atom is -0.507 e. The van der Waals surface area contributed by atoms with Crippen molar-refractivity contribution in [1.82, 2.24) is 0 Å². The second-order valence-electron chi connectivity index (χ2n) is 2.27. The first kappa shape index (κ1) is 9.55. The zero-order valence-corrected chi connectivity index (χ0v) is 7.87. The molecule has 1 rings (SSSR count). The monoisotopic (exact) mass is 241 g/mol. The number of benzene rings is 1. The zero-order valence-electron chi connectivity index (χ0n) is 6.28. The number of carbonyl (C=O) groups is 1. The highest BCUT2D eigenvalue weighted by Crippen LogP contribution is 2.28. The maximum absolute atomic E-state index is 10.6. The molecule has 1 aromatic rings. The number of rotatable bonds is 1. The van der Waals surface area contributed by atoms with Gasteiger partial charge in [-0.3, -0.25) is 0 Å². The number of hydrogen-bond donors (Lipinski definition) is 2. The maximum atomic E-state index is 10.6. The molecule has 0 radical (unpaired) electrons. The van der Waals surface area contributed by atoms with Crippen LogP contribution < -0.4 is 0 Å². The van der Waals surface area contributed by atoms with Crippen molar-refractivity contribution in [3.8, 4) is 11.8 Å². The van der Waals surface area contributed by atoms with Gasteiger partial charge in [0.25, 0.3) is 0 Å². The van der Waals surface area contributed by atoms with Gasteiger partial charge in [0.2, 0.25) is 0 Å². The molecule has 2 N–H and O–H groups in total. The van der Waals surface area contributed by atoms with Crippen molar-refractivity contribution in [1.29, 1.82) is 5.26 Å². The molecule has 1 aromatic carbocycles. The number of aromatic hydroxyl groups is 1. The second-order valence-corrected chi connectivity index (χ2v) is 3.07. The van der Waals surface area contributed by atoms with E-state index in [0.29, 0.717) is 0 Å². The summed E-state index contributed by atoms with van der Waals surface area (Å²) in [5, 5.41) is 26.3. The Balaban J connectivity index is 3.44. The Morgan fingerprint density at radius 3 is 2.62 bits per heavy atom. The van der Waals surface area contributed by atoms with Gasteiger partial charge in [-0.25, -0.2) is 4.79 Å². The van der Waals surface area contributed by atoms with Crippen LogP contribution in [0, 0.1) is 11.3 Å². The van der Waals surface area contributed by atoms with E-state index < -0.39 is 5.97 Å². The molecule has 0 atom stereocenters. The van der Waals surface area contributed by atoms with Crippen LogP contribution in [0.1, 0.15) is 15.9 Å². The maximum Gasteiger partial charge on any atom is 0.337 e. The number of carboxylic acid groups (broad SMARTS) is 1. The molecule has 0 aliphatic heterocycles. The van der Waals surface area contributed by atoms with Crippen LogP contribution in [0.15, 0.2) is 16.6 Å². The third-order valence-corrected chi connectivity index (χ3v) is 2.25. The van der Waals surface area contributed by atoms with Crippen molar-refractivity contribution in [3.63, 3.8) is 0 Å². The average molecular weight is 242 g/mol. The lowest BCUT2D eigenvalue weighted by molar-refractivity contribution is 0.0695. The summed E-state index contributed by atoms with van der Waals surface area (Å²) in [6.07, 6.45) is 0. The lowest BCUT2D eigenvalue weighted by Crippen LogP contribution is -1.98. The Labute approximate surface area is 82.2 Å². The topological polar surface area (TPSA) is 81.3 Å². The molecule has 66 valence electrons. The molecule has 0 fully saturated rings. The summed E-state index contributed by atoms with van der Waals surface area (Å²) in [5.74, 6) is -1.45. The van der Waals surface area contributed by atoms with Crippen molar-refractivity contribution < 1.29 is 15.0 Å². The van der Waals surface area contributed by atoms with E-state index in [0.717, 1.165) is 0 Å². The van der Waals surface area contributed by atoms with Crippen LogP contribution in [0.3, 0.4) is 0 Å². The predicted molar refractivity (Wildman–Crippen MR) is 47.5 cm³/mol. The first-order valence-electron chi connectivity index (χ1n) is 3.22. The minimum atomic E-state index is -1.20. The van der Waals surface area contributed by atoms with E-state index in [1.54, 1.807) is 6.07 Å². The van der Waals surface area contributed by atoms with E-state index >= 15 is 0 Å². The van der Waals surface area contributed by atoms with Crippen molar-refractivity contribution in [2.45, 2.75) is 0 Å². The molecule has 0 amide bonds. The summed E-state index contributed by atoms with van der Waals surface area (Å²) >= 11 is 2.90. The number of aromatic carboxylic acids is 1. The van der Waals surface area contributed by atoms with Crippen LogP contribution in [0.5, 0.6) is 5.75 Å². The van der Waals surface area contributed by atoms with Crippen LogP contribution in [-0.2, 0) is 0 Å². The highest BCUT2D eigenvalue weighted by molar-refractivity contribution is 9.10. The number of halogens is 1. The van der Waals surface area contributed by atoms with E-state index in [-0.39, 0.29) is 21.3 Å². The summed E-state index contributed by atoms with van der Waals surface area (Å²) in [6, 6.07) is 4.12. The quantitative estimate of drug-likeness (QED) is 0.785. The van der Waals surface area contributed by atoms with Crippen LogP contribution in [0.25, 0.3) is 0 Å². The Hall–Kier alpha value is -1.54. The van der Waals surface area contributed by atoms with Crippen molar-refractivity contribution in [2.75, 3.05) is 0 Å². The SMILES string of the molecule is N#Cc1cc(O)c(Br)c(C(=O)O)c1. The first-order chi connectivity index (χ1) is 6.06. The van der Waals surface area contributed by atoms with Gasteiger partial charge in [0.15, 0.2) is 0 Å². The molecular weight excluding hydrogens is 238 g/mol. The fraction of sp³-hybridized carbons (Fsp3) is 0. The number of phenols is 1. The minimum absolute atomic E-state index is 0.0824. The molecule has 0 aromatic heterocycles. The predicted octanol–water partition coefficient (Wildman–Crippen LogP) is 1.72. The number of nitrogens with zero attached hydrogens (tertiary/aromatic N) is 1. The molecule has 0 bridgehead atoms. The van der Waals surface area contributed by atoms with Gasteiger partial charge >= 0.3 is 5.97 Å². The summed E-state index contributed by atoms with van der Waals surface area (Å²) < 4.78 is 0.0824. The molecule has 0 saturated carbocycles. The van der Waals surface area contributed by atoms with Gasteiger partial charge in [-0.2, -0.15) is 5.26 Å². The van der Waals surface area contributed by atoms with E-state index in [4.69, 9.17) is 10.4 Å². The van der Waals surface area contributed by atoms with Crippen LogP contribution >= 0.6 is 15.9 Å². The molecule has 4 nitrogen and oxygen atoms in total. The third-order valence-electron chi connectivity index (χ3n) is 1.41. The van der Waals surface area contributed by atoms with Crippen molar-refractivity contribution in [2.24, 2.45) is 0 Å². The van der Waals surface area contributed by atoms with Crippen LogP contribution in [0.2, 0.25) is 0 Å². The zero-order chi connectivity index (χ0) is 10.0. The highest BCUT2D eigenvalue weighted by atomic mass is 79.9. The van der Waals surface area contributed by atoms with Gasteiger partial charge in [-0.05, 0) is 28.1 Å². The molecule has 13 heavy (non-hydrogen) atoms. The fourth-order valence-corrected chi connectivity index (χ4v) is 1.23. The first-order valence-corrected chi connectivity index (χ1v) is 4.01. The molecule has 0 heterocycles. The van der Waals surface area contributed by atoms with Crippen molar-refractivity contribution >= 4 is 21.9 Å². The molecule has 0 spiro atoms. The number of carboxylic acids is 1. The van der Waals surface area contributed by atoms with Crippen LogP contribution in [0.4, 0.5) is 0 Å². The van der Waals surface area contributed by atoms with E-state index in [2.05, 4.69) is 15.9 Å². The number of hydrogen-bond acceptors (Lipinski definition) is 3. The van der Waals surface area contributed by atoms with Gasteiger partial charge in [0.05, 0.1) is 21.7 Å². The standard InChI is InChI=1S/C8H4BrNO3/c9-7-5(8(12)13)1-4(3-10)2-6(7)11/h1-2,11H,(H,12,13). The number of nitriles is 1. The second kappa shape index (κ2) is 3.46. The van der Waals surface area contributed by atoms with E-state index in [1.807, 2.05) is 0 Å². The van der Waals surface area contributed by atoms with Gasteiger partial charge in [0, 0.05) is 0 Å². The normalized spacial score (nSPS) is 9.23. The van der Waals surface area contributed by atoms with Crippen molar-refractivity contribution in [3.05, 3.63) is 27.7 Å². The Morgan fingerprint density at radius 2 is 2.15 bits per heavy atom. The lowest BCUT2D eigenvalue weighted by Gasteiger charge is -2.01. The smallest absolute Gasteiger partial charge is 0.337 e. The van der Waals surface area contributed by atoms with Gasteiger partial charge in [-0.15, -0.1) is 0 Å². The molecular formula is C8H4BrNO3. The number of phenolic OH excluding ortho intramolecular Hbond substituents is 1. The largest absolute Gasteiger partial charge is 0.507 e. The molecule has 0 aliphatic rings. The Kier molecular flexibility index (Phi) is 2.54. The lowest BCUT2D eigenvalue weighted by atomic mass is 10.1. The van der Waals surface area contributed by atoms with E-state index in [9.17, 15) is 9.90 Å². The molecule has 0 aliphatic carbocycles. The summed E-state index contributed by atoms with van der Waals surface area (Å²) in [5.41, 5.74) is -0.0188. The molecule has 0 unspecified atom stereocenters. The average Bonchev–Trinajstić information content (AvgIpc) is 2.09. The summed E-state index contributed by atoms with van der Waals surface area (Å²) in [4.78, 5) is 10.6.